The van der Waals surface area contributed by atoms with Crippen LogP contribution < -0.4 is 0 Å². The summed E-state index contributed by atoms with van der Waals surface area (Å²) in [5.41, 5.74) is 1.85. The Morgan fingerprint density at radius 1 is 1.04 bits per heavy atom. The minimum Gasteiger partial charge on any atom is -0.419 e. The van der Waals surface area contributed by atoms with Crippen molar-refractivity contribution in [3.63, 3.8) is 0 Å². The maximum atomic E-state index is 5.87. The second kappa shape index (κ2) is 8.18. The van der Waals surface area contributed by atoms with E-state index >= 15 is 0 Å². The Morgan fingerprint density at radius 3 is 2.57 bits per heavy atom. The zero-order valence-electron chi connectivity index (χ0n) is 15.3. The maximum absolute atomic E-state index is 5.87. The van der Waals surface area contributed by atoms with Gasteiger partial charge in [-0.15, -0.1) is 27.0 Å². The molecule has 1 aromatic carbocycles. The number of aromatic nitrogens is 6. The highest BCUT2D eigenvalue weighted by Gasteiger charge is 2.21. The number of pyridine rings is 1. The largest absolute Gasteiger partial charge is 0.419 e. The van der Waals surface area contributed by atoms with E-state index in [9.17, 15) is 0 Å². The van der Waals surface area contributed by atoms with Crippen LogP contribution >= 0.6 is 11.8 Å². The molecule has 3 aromatic heterocycles. The molecule has 140 valence electrons. The van der Waals surface area contributed by atoms with Gasteiger partial charge in [-0.25, -0.2) is 0 Å². The fourth-order valence-electron chi connectivity index (χ4n) is 2.69. The van der Waals surface area contributed by atoms with Crippen molar-refractivity contribution in [3.8, 4) is 22.8 Å². The fraction of sp³-hybridized carbons (Fsp3) is 0.150. The van der Waals surface area contributed by atoms with E-state index in [-0.39, 0.29) is 5.25 Å². The van der Waals surface area contributed by atoms with Crippen molar-refractivity contribution >= 4 is 11.8 Å². The van der Waals surface area contributed by atoms with Crippen molar-refractivity contribution in [1.29, 1.82) is 0 Å². The lowest BCUT2D eigenvalue weighted by molar-refractivity contribution is 0.508. The van der Waals surface area contributed by atoms with Gasteiger partial charge in [-0.1, -0.05) is 36.0 Å². The van der Waals surface area contributed by atoms with E-state index < -0.39 is 0 Å². The first-order valence-electron chi connectivity index (χ1n) is 8.76. The van der Waals surface area contributed by atoms with Crippen LogP contribution in [-0.4, -0.2) is 29.9 Å². The predicted molar refractivity (Wildman–Crippen MR) is 107 cm³/mol. The molecule has 1 atom stereocenters. The smallest absolute Gasteiger partial charge is 0.247 e. The second-order valence-electron chi connectivity index (χ2n) is 6.01. The van der Waals surface area contributed by atoms with Crippen molar-refractivity contribution < 1.29 is 4.42 Å². The number of benzene rings is 1. The quantitative estimate of drug-likeness (QED) is 0.341. The normalized spacial score (nSPS) is 12.0. The molecule has 0 spiro atoms. The number of hydrogen-bond donors (Lipinski definition) is 0. The van der Waals surface area contributed by atoms with Crippen LogP contribution in [0, 0.1) is 0 Å². The van der Waals surface area contributed by atoms with Crippen LogP contribution in [0.25, 0.3) is 22.8 Å². The second-order valence-corrected chi connectivity index (χ2v) is 7.32. The lowest BCUT2D eigenvalue weighted by Gasteiger charge is -2.09. The molecule has 0 aliphatic heterocycles. The van der Waals surface area contributed by atoms with E-state index in [1.165, 1.54) is 11.8 Å². The number of rotatable bonds is 7. The van der Waals surface area contributed by atoms with Crippen molar-refractivity contribution in [2.75, 3.05) is 0 Å². The molecule has 0 N–H and O–H groups in total. The van der Waals surface area contributed by atoms with Gasteiger partial charge in [0.1, 0.15) is 0 Å². The van der Waals surface area contributed by atoms with E-state index in [0.717, 1.165) is 22.1 Å². The molecule has 0 aliphatic carbocycles. The standard InChI is InChI=1S/C20H18N6OS/c1-3-13-26-17(15-9-11-21-12-10-15)22-25-20(26)28-14(2)18-23-24-19(27-18)16-7-5-4-6-8-16/h3-12,14H,1,13H2,2H3/t14-/m1/s1. The summed E-state index contributed by atoms with van der Waals surface area (Å²) in [7, 11) is 0. The fourth-order valence-corrected chi connectivity index (χ4v) is 3.58. The Hall–Kier alpha value is -3.26. The number of hydrogen-bond acceptors (Lipinski definition) is 7. The molecule has 0 saturated heterocycles. The molecular weight excluding hydrogens is 372 g/mol. The van der Waals surface area contributed by atoms with Crippen LogP contribution in [-0.2, 0) is 6.54 Å². The Bertz CT molecular complexity index is 1060. The molecule has 0 amide bonds. The van der Waals surface area contributed by atoms with E-state index in [4.69, 9.17) is 4.42 Å². The molecule has 7 nitrogen and oxygen atoms in total. The molecule has 4 rings (SSSR count). The van der Waals surface area contributed by atoms with E-state index in [2.05, 4.69) is 32.0 Å². The zero-order valence-corrected chi connectivity index (χ0v) is 16.1. The van der Waals surface area contributed by atoms with Crippen LogP contribution in [0.5, 0.6) is 0 Å². The maximum Gasteiger partial charge on any atom is 0.247 e. The number of thioether (sulfide) groups is 1. The zero-order chi connectivity index (χ0) is 19.3. The summed E-state index contributed by atoms with van der Waals surface area (Å²) in [6.45, 7) is 6.45. The Morgan fingerprint density at radius 2 is 1.82 bits per heavy atom. The van der Waals surface area contributed by atoms with Gasteiger partial charge < -0.3 is 4.42 Å². The highest BCUT2D eigenvalue weighted by atomic mass is 32.2. The van der Waals surface area contributed by atoms with Crippen LogP contribution in [0.4, 0.5) is 0 Å². The molecule has 0 fully saturated rings. The van der Waals surface area contributed by atoms with Crippen molar-refractivity contribution in [3.05, 3.63) is 73.4 Å². The van der Waals surface area contributed by atoms with Crippen LogP contribution in [0.15, 0.2) is 77.1 Å². The summed E-state index contributed by atoms with van der Waals surface area (Å²) in [6, 6.07) is 13.5. The first kappa shape index (κ1) is 18.1. The molecule has 0 radical (unpaired) electrons. The highest BCUT2D eigenvalue weighted by Crippen LogP contribution is 2.35. The topological polar surface area (TPSA) is 82.5 Å². The van der Waals surface area contributed by atoms with E-state index in [1.54, 1.807) is 12.4 Å². The molecule has 0 unspecified atom stereocenters. The molecule has 8 heteroatoms. The van der Waals surface area contributed by atoms with Gasteiger partial charge in [-0.05, 0) is 31.2 Å². The molecule has 0 saturated carbocycles. The first-order chi connectivity index (χ1) is 13.8. The average molecular weight is 390 g/mol. The number of allylic oxidation sites excluding steroid dienone is 1. The van der Waals surface area contributed by atoms with Crippen LogP contribution in [0.2, 0.25) is 0 Å². The van der Waals surface area contributed by atoms with Gasteiger partial charge in [0.2, 0.25) is 11.8 Å². The Kier molecular flexibility index (Phi) is 5.29. The van der Waals surface area contributed by atoms with Crippen LogP contribution in [0.3, 0.4) is 0 Å². The van der Waals surface area contributed by atoms with Gasteiger partial charge in [0.25, 0.3) is 0 Å². The lowest BCUT2D eigenvalue weighted by Crippen LogP contribution is -2.02. The van der Waals surface area contributed by atoms with Crippen LogP contribution in [0.1, 0.15) is 18.1 Å². The van der Waals surface area contributed by atoms with Crippen molar-refractivity contribution in [2.45, 2.75) is 23.9 Å². The summed E-state index contributed by atoms with van der Waals surface area (Å²) in [5, 5.41) is 17.8. The molecule has 3 heterocycles. The third-order valence-corrected chi connectivity index (χ3v) is 5.13. The first-order valence-corrected chi connectivity index (χ1v) is 9.64. The molecular formula is C20H18N6OS. The molecule has 0 aliphatic rings. The highest BCUT2D eigenvalue weighted by molar-refractivity contribution is 7.99. The minimum absolute atomic E-state index is 0.0805. The van der Waals surface area contributed by atoms with Crippen molar-refractivity contribution in [1.82, 2.24) is 29.9 Å². The Balaban J connectivity index is 1.58. The van der Waals surface area contributed by atoms with Gasteiger partial charge in [-0.3, -0.25) is 9.55 Å². The van der Waals surface area contributed by atoms with E-state index in [1.807, 2.05) is 60.0 Å². The van der Waals surface area contributed by atoms with Gasteiger partial charge in [0, 0.05) is 30.1 Å². The molecule has 0 bridgehead atoms. The summed E-state index contributed by atoms with van der Waals surface area (Å²) in [5.74, 6) is 1.82. The molecule has 4 aromatic rings. The molecule has 28 heavy (non-hydrogen) atoms. The van der Waals surface area contributed by atoms with Gasteiger partial charge in [0.05, 0.1) is 5.25 Å². The average Bonchev–Trinajstić information content (AvgIpc) is 3.38. The predicted octanol–water partition coefficient (Wildman–Crippen LogP) is 4.43. The van der Waals surface area contributed by atoms with E-state index in [0.29, 0.717) is 18.3 Å². The number of nitrogens with zero attached hydrogens (tertiary/aromatic N) is 6. The third-order valence-electron chi connectivity index (χ3n) is 4.06. The summed E-state index contributed by atoms with van der Waals surface area (Å²) in [4.78, 5) is 4.06. The summed E-state index contributed by atoms with van der Waals surface area (Å²) >= 11 is 1.52. The summed E-state index contributed by atoms with van der Waals surface area (Å²) in [6.07, 6.45) is 5.30. The van der Waals surface area contributed by atoms with Gasteiger partial charge in [-0.2, -0.15) is 0 Å². The third kappa shape index (κ3) is 3.72. The van der Waals surface area contributed by atoms with Gasteiger partial charge >= 0.3 is 0 Å². The lowest BCUT2D eigenvalue weighted by atomic mass is 10.2. The monoisotopic (exact) mass is 390 g/mol. The SMILES string of the molecule is C=CCn1c(S[C@H](C)c2nnc(-c3ccccc3)o2)nnc1-c1ccncc1. The Labute approximate surface area is 166 Å². The minimum atomic E-state index is -0.0805. The van der Waals surface area contributed by atoms with Crippen molar-refractivity contribution in [2.24, 2.45) is 0 Å². The van der Waals surface area contributed by atoms with Gasteiger partial charge in [0.15, 0.2) is 11.0 Å². The summed E-state index contributed by atoms with van der Waals surface area (Å²) < 4.78 is 7.88.